The van der Waals surface area contributed by atoms with E-state index in [1.165, 1.54) is 17.1 Å². The Morgan fingerprint density at radius 1 is 0.862 bits per heavy atom. The molecule has 6 heteroatoms. The molecule has 154 valence electrons. The molecule has 1 aliphatic carbocycles. The highest BCUT2D eigenvalue weighted by Gasteiger charge is 2.40. The molecule has 1 aliphatic heterocycles. The number of fused-ring (bicyclic) bond motifs is 1. The van der Waals surface area contributed by atoms with Crippen LogP contribution in [0.25, 0.3) is 0 Å². The normalized spacial score (nSPS) is 21.2. The molecule has 1 amide bonds. The van der Waals surface area contributed by atoms with Gasteiger partial charge >= 0.3 is 0 Å². The first-order valence-corrected chi connectivity index (χ1v) is 11.9. The number of carbonyl (C=O) groups is 1. The minimum absolute atomic E-state index is 0.142. The van der Waals surface area contributed by atoms with E-state index in [2.05, 4.69) is 5.32 Å². The monoisotopic (exact) mass is 412 g/mol. The Kier molecular flexibility index (Phi) is 6.01. The van der Waals surface area contributed by atoms with Crippen molar-refractivity contribution in [2.45, 2.75) is 68.5 Å². The second-order valence-electron chi connectivity index (χ2n) is 8.05. The SMILES string of the molecule is O=C(NC1CCCCCC1)[C@H]1Cc2ccccc2CN1S(=O)(=O)c1ccccc1. The van der Waals surface area contributed by atoms with Crippen LogP contribution in [0.5, 0.6) is 0 Å². The van der Waals surface area contributed by atoms with Crippen molar-refractivity contribution < 1.29 is 13.2 Å². The van der Waals surface area contributed by atoms with E-state index in [0.717, 1.165) is 36.8 Å². The highest BCUT2D eigenvalue weighted by atomic mass is 32.2. The molecule has 2 aromatic rings. The van der Waals surface area contributed by atoms with Gasteiger partial charge in [-0.2, -0.15) is 4.31 Å². The molecule has 2 aromatic carbocycles. The van der Waals surface area contributed by atoms with Gasteiger partial charge in [-0.1, -0.05) is 68.1 Å². The van der Waals surface area contributed by atoms with Gasteiger partial charge in [-0.05, 0) is 42.5 Å². The minimum atomic E-state index is -3.77. The van der Waals surface area contributed by atoms with Crippen molar-refractivity contribution in [1.82, 2.24) is 9.62 Å². The number of rotatable bonds is 4. The molecule has 2 aliphatic rings. The van der Waals surface area contributed by atoms with E-state index in [4.69, 9.17) is 0 Å². The van der Waals surface area contributed by atoms with Crippen molar-refractivity contribution in [3.8, 4) is 0 Å². The van der Waals surface area contributed by atoms with Gasteiger partial charge < -0.3 is 5.32 Å². The maximum absolute atomic E-state index is 13.4. The average molecular weight is 413 g/mol. The molecule has 0 aromatic heterocycles. The number of sulfonamides is 1. The molecule has 0 spiro atoms. The molecule has 1 saturated carbocycles. The van der Waals surface area contributed by atoms with Crippen LogP contribution in [0.1, 0.15) is 49.7 Å². The summed E-state index contributed by atoms with van der Waals surface area (Å²) in [6.45, 7) is 0.218. The van der Waals surface area contributed by atoms with Gasteiger partial charge in [-0.15, -0.1) is 0 Å². The van der Waals surface area contributed by atoms with Crippen molar-refractivity contribution >= 4 is 15.9 Å². The lowest BCUT2D eigenvalue weighted by Crippen LogP contribution is -2.54. The molecule has 1 atom stereocenters. The number of nitrogens with one attached hydrogen (secondary N) is 1. The Balaban J connectivity index is 1.64. The van der Waals surface area contributed by atoms with Gasteiger partial charge in [0.1, 0.15) is 6.04 Å². The molecule has 0 radical (unpaired) electrons. The van der Waals surface area contributed by atoms with E-state index in [1.54, 1.807) is 30.3 Å². The van der Waals surface area contributed by atoms with Crippen LogP contribution in [0, 0.1) is 0 Å². The Hall–Kier alpha value is -2.18. The van der Waals surface area contributed by atoms with Crippen LogP contribution in [0.15, 0.2) is 59.5 Å². The first-order chi connectivity index (χ1) is 14.1. The van der Waals surface area contributed by atoms with Gasteiger partial charge in [0, 0.05) is 12.6 Å². The molecule has 0 unspecified atom stereocenters. The largest absolute Gasteiger partial charge is 0.352 e. The zero-order valence-electron chi connectivity index (χ0n) is 16.6. The van der Waals surface area contributed by atoms with Gasteiger partial charge in [0.2, 0.25) is 15.9 Å². The van der Waals surface area contributed by atoms with Crippen molar-refractivity contribution in [3.63, 3.8) is 0 Å². The third kappa shape index (κ3) is 4.38. The second-order valence-corrected chi connectivity index (χ2v) is 9.94. The van der Waals surface area contributed by atoms with E-state index in [9.17, 15) is 13.2 Å². The van der Waals surface area contributed by atoms with Crippen LogP contribution in [-0.4, -0.2) is 30.7 Å². The summed E-state index contributed by atoms with van der Waals surface area (Å²) in [6.07, 6.45) is 6.99. The summed E-state index contributed by atoms with van der Waals surface area (Å²) in [6, 6.07) is 15.6. The van der Waals surface area contributed by atoms with Gasteiger partial charge in [-0.3, -0.25) is 4.79 Å². The summed E-state index contributed by atoms with van der Waals surface area (Å²) in [4.78, 5) is 13.5. The Bertz CT molecular complexity index is 951. The summed E-state index contributed by atoms with van der Waals surface area (Å²) >= 11 is 0. The molecule has 4 rings (SSSR count). The Labute approximate surface area is 173 Å². The molecule has 5 nitrogen and oxygen atoms in total. The van der Waals surface area contributed by atoms with E-state index in [1.807, 2.05) is 24.3 Å². The van der Waals surface area contributed by atoms with Crippen molar-refractivity contribution in [1.29, 1.82) is 0 Å². The van der Waals surface area contributed by atoms with Crippen molar-refractivity contribution in [2.75, 3.05) is 0 Å². The smallest absolute Gasteiger partial charge is 0.244 e. The first-order valence-electron chi connectivity index (χ1n) is 10.5. The molecule has 0 bridgehead atoms. The number of benzene rings is 2. The van der Waals surface area contributed by atoms with Crippen LogP contribution in [0.2, 0.25) is 0 Å². The third-order valence-electron chi connectivity index (χ3n) is 6.06. The van der Waals surface area contributed by atoms with E-state index >= 15 is 0 Å². The highest BCUT2D eigenvalue weighted by Crippen LogP contribution is 2.29. The van der Waals surface area contributed by atoms with Gasteiger partial charge in [0.05, 0.1) is 4.90 Å². The van der Waals surface area contributed by atoms with Crippen LogP contribution < -0.4 is 5.32 Å². The van der Waals surface area contributed by atoms with Gasteiger partial charge in [-0.25, -0.2) is 8.42 Å². The van der Waals surface area contributed by atoms with E-state index in [-0.39, 0.29) is 23.4 Å². The van der Waals surface area contributed by atoms with Gasteiger partial charge in [0.15, 0.2) is 0 Å². The topological polar surface area (TPSA) is 66.5 Å². The van der Waals surface area contributed by atoms with Crippen LogP contribution >= 0.6 is 0 Å². The molecular formula is C23H28N2O3S. The van der Waals surface area contributed by atoms with Crippen LogP contribution in [0.4, 0.5) is 0 Å². The predicted molar refractivity (Wildman–Crippen MR) is 113 cm³/mol. The molecular weight excluding hydrogens is 384 g/mol. The summed E-state index contributed by atoms with van der Waals surface area (Å²) in [5.74, 6) is -0.175. The zero-order chi connectivity index (χ0) is 20.3. The quantitative estimate of drug-likeness (QED) is 0.780. The van der Waals surface area contributed by atoms with Crippen molar-refractivity contribution in [2.24, 2.45) is 0 Å². The maximum atomic E-state index is 13.4. The standard InChI is InChI=1S/C23H28N2O3S/c26-23(24-20-12-4-1-2-5-13-20)22-16-18-10-8-9-11-19(18)17-25(22)29(27,28)21-14-6-3-7-15-21/h3,6-11,14-15,20,22H,1-2,4-5,12-13,16-17H2,(H,24,26)/t22-/m1/s1. The second kappa shape index (κ2) is 8.67. The van der Waals surface area contributed by atoms with E-state index < -0.39 is 16.1 Å². The number of carbonyl (C=O) groups excluding carboxylic acids is 1. The highest BCUT2D eigenvalue weighted by molar-refractivity contribution is 7.89. The zero-order valence-corrected chi connectivity index (χ0v) is 17.4. The first kappa shape index (κ1) is 20.1. The molecule has 1 heterocycles. The van der Waals surface area contributed by atoms with Crippen molar-refractivity contribution in [3.05, 3.63) is 65.7 Å². The number of hydrogen-bond donors (Lipinski definition) is 1. The number of hydrogen-bond acceptors (Lipinski definition) is 3. The minimum Gasteiger partial charge on any atom is -0.352 e. The maximum Gasteiger partial charge on any atom is 0.244 e. The van der Waals surface area contributed by atoms with E-state index in [0.29, 0.717) is 6.42 Å². The molecule has 29 heavy (non-hydrogen) atoms. The Morgan fingerprint density at radius 2 is 1.48 bits per heavy atom. The fourth-order valence-electron chi connectivity index (χ4n) is 4.42. The summed E-state index contributed by atoms with van der Waals surface area (Å²) in [5, 5.41) is 3.17. The van der Waals surface area contributed by atoms with Gasteiger partial charge in [0.25, 0.3) is 0 Å². The Morgan fingerprint density at radius 3 is 2.17 bits per heavy atom. The number of amides is 1. The average Bonchev–Trinajstić information content (AvgIpc) is 3.02. The number of nitrogens with zero attached hydrogens (tertiary/aromatic N) is 1. The van der Waals surface area contributed by atoms with Crippen LogP contribution in [-0.2, 0) is 27.8 Å². The summed E-state index contributed by atoms with van der Waals surface area (Å²) < 4.78 is 28.2. The van der Waals surface area contributed by atoms with Crippen LogP contribution in [0.3, 0.4) is 0 Å². The fourth-order valence-corrected chi connectivity index (χ4v) is 6.01. The predicted octanol–water partition coefficient (Wildman–Crippen LogP) is 3.64. The molecule has 1 fully saturated rings. The third-order valence-corrected chi connectivity index (χ3v) is 7.93. The summed E-state index contributed by atoms with van der Waals surface area (Å²) in [7, 11) is -3.77. The molecule has 0 saturated heterocycles. The lowest BCUT2D eigenvalue weighted by atomic mass is 9.95. The summed E-state index contributed by atoms with van der Waals surface area (Å²) in [5.41, 5.74) is 2.01. The fraction of sp³-hybridized carbons (Fsp3) is 0.435. The lowest BCUT2D eigenvalue weighted by molar-refractivity contribution is -0.126. The lowest BCUT2D eigenvalue weighted by Gasteiger charge is -2.35. The molecule has 1 N–H and O–H groups in total.